The first-order valence-electron chi connectivity index (χ1n) is 11.8. The molecule has 0 saturated carbocycles. The van der Waals surface area contributed by atoms with Crippen LogP contribution in [0.25, 0.3) is 0 Å². The molecule has 1 unspecified atom stereocenters. The van der Waals surface area contributed by atoms with E-state index >= 15 is 0 Å². The van der Waals surface area contributed by atoms with E-state index in [1.165, 1.54) is 12.8 Å². The first kappa shape index (κ1) is 25.9. The Hall–Kier alpha value is -2.71. The van der Waals surface area contributed by atoms with Gasteiger partial charge in [-0.3, -0.25) is 14.5 Å². The van der Waals surface area contributed by atoms with Crippen molar-refractivity contribution in [2.45, 2.75) is 18.9 Å². The number of rotatable bonds is 12. The van der Waals surface area contributed by atoms with Gasteiger partial charge >= 0.3 is 0 Å². The maximum atomic E-state index is 12.8. The van der Waals surface area contributed by atoms with Gasteiger partial charge in [0.25, 0.3) is 5.91 Å². The lowest BCUT2D eigenvalue weighted by Crippen LogP contribution is -2.48. The van der Waals surface area contributed by atoms with E-state index in [0.29, 0.717) is 24.3 Å². The van der Waals surface area contributed by atoms with Crippen LogP contribution in [0.5, 0.6) is 5.75 Å². The molecule has 1 aliphatic rings. The maximum Gasteiger partial charge on any atom is 0.255 e. The third-order valence-corrected chi connectivity index (χ3v) is 6.67. The molecular weight excluding hydrogens is 448 g/mol. The van der Waals surface area contributed by atoms with E-state index in [-0.39, 0.29) is 11.8 Å². The summed E-state index contributed by atoms with van der Waals surface area (Å²) >= 11 is 1.66. The van der Waals surface area contributed by atoms with Crippen LogP contribution in [0.4, 0.5) is 5.69 Å². The molecule has 0 radical (unpaired) electrons. The number of benzene rings is 2. The number of carbonyl (C=O) groups is 2. The van der Waals surface area contributed by atoms with Crippen molar-refractivity contribution in [3.05, 3.63) is 60.2 Å². The first-order valence-corrected chi connectivity index (χ1v) is 13.2. The Kier molecular flexibility index (Phi) is 10.6. The highest BCUT2D eigenvalue weighted by Gasteiger charge is 2.23. The van der Waals surface area contributed by atoms with Crippen LogP contribution in [0.3, 0.4) is 0 Å². The maximum absolute atomic E-state index is 12.8. The number of nitrogens with zero attached hydrogens (tertiary/aromatic N) is 2. The molecule has 2 aromatic carbocycles. The van der Waals surface area contributed by atoms with E-state index < -0.39 is 6.04 Å². The fraction of sp³-hybridized carbons (Fsp3) is 0.462. The van der Waals surface area contributed by atoms with Crippen molar-refractivity contribution in [2.75, 3.05) is 63.3 Å². The molecule has 1 atom stereocenters. The second-order valence-electron chi connectivity index (χ2n) is 8.32. The summed E-state index contributed by atoms with van der Waals surface area (Å²) in [7, 11) is 1.53. The zero-order chi connectivity index (χ0) is 24.2. The number of amides is 2. The summed E-state index contributed by atoms with van der Waals surface area (Å²) in [5.74, 6) is 0.855. The molecule has 2 N–H and O–H groups in total. The van der Waals surface area contributed by atoms with Crippen molar-refractivity contribution in [1.82, 2.24) is 15.5 Å². The average molecular weight is 485 g/mol. The smallest absolute Gasteiger partial charge is 0.255 e. The fourth-order valence-corrected chi connectivity index (χ4v) is 4.55. The van der Waals surface area contributed by atoms with Crippen LogP contribution < -0.4 is 20.3 Å². The number of thioether (sulfide) groups is 1. The molecule has 2 aromatic rings. The topological polar surface area (TPSA) is 73.9 Å². The second-order valence-corrected chi connectivity index (χ2v) is 9.30. The van der Waals surface area contributed by atoms with Crippen molar-refractivity contribution in [3.63, 3.8) is 0 Å². The van der Waals surface area contributed by atoms with E-state index in [0.717, 1.165) is 44.9 Å². The van der Waals surface area contributed by atoms with Gasteiger partial charge in [-0.2, -0.15) is 11.8 Å². The summed E-state index contributed by atoms with van der Waals surface area (Å²) in [5.41, 5.74) is 1.71. The number of methoxy groups -OCH3 is 1. The lowest BCUT2D eigenvalue weighted by Gasteiger charge is -2.36. The van der Waals surface area contributed by atoms with Crippen LogP contribution >= 0.6 is 11.8 Å². The summed E-state index contributed by atoms with van der Waals surface area (Å²) in [6.45, 7) is 5.62. The van der Waals surface area contributed by atoms with Crippen LogP contribution in [0, 0.1) is 0 Å². The number of ether oxygens (including phenoxy) is 1. The molecule has 3 rings (SSSR count). The minimum Gasteiger partial charge on any atom is -0.496 e. The standard InChI is InChI=1S/C26H36N4O3S/c1-33-24-12-7-6-11-22(24)25(31)28-23(13-20-34-2)26(32)27-14-8-15-29-16-18-30(19-17-29)21-9-4-3-5-10-21/h3-7,9-12,23H,8,13-20H2,1-2H3,(H,27,32)(H,28,31). The van der Waals surface area contributed by atoms with Gasteiger partial charge in [-0.25, -0.2) is 0 Å². The third-order valence-electron chi connectivity index (χ3n) is 6.03. The lowest BCUT2D eigenvalue weighted by molar-refractivity contribution is -0.123. The molecule has 8 heteroatoms. The predicted octanol–water partition coefficient (Wildman–Crippen LogP) is 2.88. The minimum absolute atomic E-state index is 0.133. The summed E-state index contributed by atoms with van der Waals surface area (Å²) in [6, 6.07) is 17.0. The van der Waals surface area contributed by atoms with E-state index in [2.05, 4.69) is 44.7 Å². The quantitative estimate of drug-likeness (QED) is 0.452. The van der Waals surface area contributed by atoms with E-state index in [9.17, 15) is 9.59 Å². The van der Waals surface area contributed by atoms with Crippen molar-refractivity contribution < 1.29 is 14.3 Å². The molecule has 1 fully saturated rings. The molecule has 0 spiro atoms. The zero-order valence-corrected chi connectivity index (χ0v) is 21.0. The lowest BCUT2D eigenvalue weighted by atomic mass is 10.1. The van der Waals surface area contributed by atoms with Crippen molar-refractivity contribution in [1.29, 1.82) is 0 Å². The molecule has 2 amide bonds. The molecule has 1 saturated heterocycles. The highest BCUT2D eigenvalue weighted by Crippen LogP contribution is 2.18. The molecule has 7 nitrogen and oxygen atoms in total. The number of piperazine rings is 1. The van der Waals surface area contributed by atoms with Crippen LogP contribution in [-0.4, -0.2) is 81.1 Å². The van der Waals surface area contributed by atoms with Crippen LogP contribution in [0.2, 0.25) is 0 Å². The Balaban J connectivity index is 1.42. The summed E-state index contributed by atoms with van der Waals surface area (Å²) in [6.07, 6.45) is 3.46. The summed E-state index contributed by atoms with van der Waals surface area (Å²) < 4.78 is 5.29. The molecule has 184 valence electrons. The SMILES string of the molecule is COc1ccccc1C(=O)NC(CCSC)C(=O)NCCCN1CCN(c2ccccc2)CC1. The Morgan fingerprint density at radius 2 is 1.74 bits per heavy atom. The monoisotopic (exact) mass is 484 g/mol. The van der Waals surface area contributed by atoms with Crippen molar-refractivity contribution in [3.8, 4) is 5.75 Å². The van der Waals surface area contributed by atoms with Gasteiger partial charge in [0, 0.05) is 38.4 Å². The molecule has 0 aromatic heterocycles. The van der Waals surface area contributed by atoms with Gasteiger partial charge in [0.1, 0.15) is 11.8 Å². The second kappa shape index (κ2) is 13.9. The van der Waals surface area contributed by atoms with Crippen LogP contribution in [0.1, 0.15) is 23.2 Å². The number of para-hydroxylation sites is 2. The molecule has 0 aliphatic carbocycles. The minimum atomic E-state index is -0.570. The van der Waals surface area contributed by atoms with Gasteiger partial charge in [0.05, 0.1) is 12.7 Å². The van der Waals surface area contributed by atoms with Crippen molar-refractivity contribution in [2.24, 2.45) is 0 Å². The number of nitrogens with one attached hydrogen (secondary N) is 2. The Morgan fingerprint density at radius 1 is 1.03 bits per heavy atom. The predicted molar refractivity (Wildman–Crippen MR) is 140 cm³/mol. The fourth-order valence-electron chi connectivity index (χ4n) is 4.08. The molecule has 0 bridgehead atoms. The van der Waals surface area contributed by atoms with Gasteiger partial charge < -0.3 is 20.3 Å². The molecular formula is C26H36N4O3S. The van der Waals surface area contributed by atoms with Crippen molar-refractivity contribution >= 4 is 29.3 Å². The largest absolute Gasteiger partial charge is 0.496 e. The van der Waals surface area contributed by atoms with Gasteiger partial charge in [-0.15, -0.1) is 0 Å². The van der Waals surface area contributed by atoms with E-state index in [4.69, 9.17) is 4.74 Å². The van der Waals surface area contributed by atoms with Crippen LogP contribution in [0.15, 0.2) is 54.6 Å². The van der Waals surface area contributed by atoms with Crippen LogP contribution in [-0.2, 0) is 4.79 Å². The number of hydrogen-bond acceptors (Lipinski definition) is 6. The summed E-state index contributed by atoms with van der Waals surface area (Å²) in [5, 5.41) is 5.91. The van der Waals surface area contributed by atoms with Gasteiger partial charge in [-0.1, -0.05) is 30.3 Å². The highest BCUT2D eigenvalue weighted by atomic mass is 32.2. The average Bonchev–Trinajstić information content (AvgIpc) is 2.89. The van der Waals surface area contributed by atoms with Gasteiger partial charge in [0.15, 0.2) is 0 Å². The molecule has 34 heavy (non-hydrogen) atoms. The molecule has 1 heterocycles. The van der Waals surface area contributed by atoms with Gasteiger partial charge in [-0.05, 0) is 55.7 Å². The van der Waals surface area contributed by atoms with E-state index in [1.807, 2.05) is 18.4 Å². The Bertz CT molecular complexity index is 904. The number of hydrogen-bond donors (Lipinski definition) is 2. The summed E-state index contributed by atoms with van der Waals surface area (Å²) in [4.78, 5) is 30.5. The van der Waals surface area contributed by atoms with Gasteiger partial charge in [0.2, 0.25) is 5.91 Å². The Morgan fingerprint density at radius 3 is 2.44 bits per heavy atom. The number of carbonyl (C=O) groups excluding carboxylic acids is 2. The zero-order valence-electron chi connectivity index (χ0n) is 20.2. The third kappa shape index (κ3) is 7.67. The molecule has 1 aliphatic heterocycles. The number of anilines is 1. The Labute approximate surface area is 207 Å². The normalized spacial score (nSPS) is 14.9. The highest BCUT2D eigenvalue weighted by molar-refractivity contribution is 7.98. The first-order chi connectivity index (χ1) is 16.6. The van der Waals surface area contributed by atoms with E-state index in [1.54, 1.807) is 30.0 Å².